The summed E-state index contributed by atoms with van der Waals surface area (Å²) in [6.07, 6.45) is 6.33. The van der Waals surface area contributed by atoms with Gasteiger partial charge < -0.3 is 54.1 Å². The van der Waals surface area contributed by atoms with Crippen molar-refractivity contribution in [1.29, 1.82) is 0 Å². The summed E-state index contributed by atoms with van der Waals surface area (Å²) in [6, 6.07) is 32.7. The quantitative estimate of drug-likeness (QED) is 0.0417. The fourth-order valence-electron chi connectivity index (χ4n) is 12.2. The number of aromatic nitrogens is 12. The maximum Gasteiger partial charge on any atom is 0.256 e. The number of nitrogens with one attached hydrogen (secondary N) is 3. The lowest BCUT2D eigenvalue weighted by atomic mass is 9.93. The molecule has 0 bridgehead atoms. The Bertz CT molecular complexity index is 5050. The number of ether oxygens (including phenoxy) is 2. The number of nitrogens with zero attached hydrogens (tertiary/aromatic N) is 12. The Balaban J connectivity index is 0.000000136. The third-order valence-corrected chi connectivity index (χ3v) is 17.7. The molecule has 0 radical (unpaired) electrons. The van der Waals surface area contributed by atoms with E-state index in [1.807, 2.05) is 0 Å². The number of halogens is 6. The van der Waals surface area contributed by atoms with Gasteiger partial charge in [0.1, 0.15) is 85.7 Å². The van der Waals surface area contributed by atoms with Crippen molar-refractivity contribution in [3.8, 4) is 34.6 Å². The third-order valence-electron chi connectivity index (χ3n) is 17.7. The van der Waals surface area contributed by atoms with Gasteiger partial charge in [-0.05, 0) is 87.8 Å². The Morgan fingerprint density at radius 3 is 1.26 bits per heavy atom. The van der Waals surface area contributed by atoms with Gasteiger partial charge in [-0.15, -0.1) is 0 Å². The van der Waals surface area contributed by atoms with E-state index in [-0.39, 0.29) is 130 Å². The Labute approximate surface area is 572 Å². The molecule has 6 aromatic heterocycles. The Kier molecular flexibility index (Phi) is 19.7. The molecule has 3 fully saturated rings. The molecule has 1 atom stereocenters. The Morgan fingerprint density at radius 2 is 0.851 bits per heavy atom. The second kappa shape index (κ2) is 29.3. The van der Waals surface area contributed by atoms with Crippen LogP contribution in [-0.2, 0) is 33.9 Å². The number of hydrogen-bond acceptors (Lipinski definition) is 19. The van der Waals surface area contributed by atoms with Crippen LogP contribution in [0.3, 0.4) is 0 Å². The standard InChI is InChI=1S/C25H27F2N7O.C24H23F2N7O2.C22H18F2N6O/c1-14(15-9-11-35-12-10-15)30-21-23(28)31-25(32-24(21)29)20-17-6-4-8-19(27)22(17)34(33-20)13-16-5-2-3-7-18(16)26;25-16-6-2-1-4-14(16)12-33-20-15(5-3-7-17(20)26)18(32-33)23-30-21(27)19(22(28)31-23)29-24(34)13-8-10-35-11-9-13;23-16-6-2-1-4-12(16)11-30-19-14(5-3-7-17(19)24)18(29-30)21-26-10-15(20(25)28-21)22(31)27-13-8-9-13/h2-8,14-15,30H,9-13H2,1H3,(H4,28,29,31,32);1-7,13H,8-12H2,(H,29,34)(H4,27,28,30,31);1-7,10,13H,8-9,11H2,(H,27,31)(H2,25,26,28). The first-order valence-electron chi connectivity index (χ1n) is 32.5. The molecular weight excluding hydrogens is 1310 g/mol. The normalized spacial score (nSPS) is 14.4. The fraction of sp³-hybridized carbons (Fsp3) is 0.254. The van der Waals surface area contributed by atoms with Crippen LogP contribution in [0.4, 0.5) is 66.8 Å². The van der Waals surface area contributed by atoms with Crippen molar-refractivity contribution >= 4 is 85.0 Å². The van der Waals surface area contributed by atoms with Crippen molar-refractivity contribution in [2.75, 3.05) is 65.7 Å². The molecule has 2 aliphatic heterocycles. The van der Waals surface area contributed by atoms with E-state index in [1.54, 1.807) is 84.9 Å². The first-order chi connectivity index (χ1) is 48.8. The molecule has 24 nitrogen and oxygen atoms in total. The summed E-state index contributed by atoms with van der Waals surface area (Å²) in [7, 11) is 0. The molecule has 12 aromatic rings. The summed E-state index contributed by atoms with van der Waals surface area (Å²) in [6.45, 7) is 4.62. The first kappa shape index (κ1) is 67.8. The van der Waals surface area contributed by atoms with Crippen molar-refractivity contribution in [3.63, 3.8) is 0 Å². The topological polar surface area (TPSA) is 350 Å². The molecule has 518 valence electrons. The summed E-state index contributed by atoms with van der Waals surface area (Å²) in [5.74, 6) is -2.42. The van der Waals surface area contributed by atoms with E-state index in [2.05, 4.69) is 68.1 Å². The number of fused-ring (bicyclic) bond motifs is 3. The van der Waals surface area contributed by atoms with E-state index < -0.39 is 34.9 Å². The average molecular weight is 1380 g/mol. The molecule has 13 N–H and O–H groups in total. The second-order valence-corrected chi connectivity index (χ2v) is 24.6. The Morgan fingerprint density at radius 1 is 0.475 bits per heavy atom. The van der Waals surface area contributed by atoms with Crippen LogP contribution in [0.2, 0.25) is 0 Å². The zero-order chi connectivity index (χ0) is 70.6. The van der Waals surface area contributed by atoms with Gasteiger partial charge in [-0.2, -0.15) is 15.3 Å². The van der Waals surface area contributed by atoms with Gasteiger partial charge in [0.2, 0.25) is 5.91 Å². The maximum atomic E-state index is 14.9. The van der Waals surface area contributed by atoms with Gasteiger partial charge in [-0.1, -0.05) is 91.0 Å². The van der Waals surface area contributed by atoms with Gasteiger partial charge >= 0.3 is 0 Å². The predicted molar refractivity (Wildman–Crippen MR) is 370 cm³/mol. The van der Waals surface area contributed by atoms with Gasteiger partial charge in [0.05, 0.1) is 25.2 Å². The number of rotatable bonds is 16. The summed E-state index contributed by atoms with van der Waals surface area (Å²) in [5, 5.41) is 23.8. The van der Waals surface area contributed by atoms with Gasteiger partial charge in [-0.25, -0.2) is 56.2 Å². The summed E-state index contributed by atoms with van der Waals surface area (Å²) in [5.41, 5.74) is 34.2. The van der Waals surface area contributed by atoms with Gasteiger partial charge in [0, 0.05) is 83.5 Å². The van der Waals surface area contributed by atoms with Gasteiger partial charge in [-0.3, -0.25) is 23.6 Å². The van der Waals surface area contributed by atoms with Crippen LogP contribution in [0.1, 0.15) is 72.5 Å². The van der Waals surface area contributed by atoms with Crippen LogP contribution < -0.4 is 44.6 Å². The molecule has 2 amide bonds. The largest absolute Gasteiger partial charge is 0.383 e. The van der Waals surface area contributed by atoms with E-state index in [9.17, 15) is 35.9 Å². The van der Waals surface area contributed by atoms with E-state index in [1.165, 1.54) is 62.7 Å². The highest BCUT2D eigenvalue weighted by Gasteiger charge is 2.30. The number of amides is 2. The SMILES string of the molecule is CC(Nc1c(N)nc(-c2nn(Cc3ccccc3F)c3c(F)cccc23)nc1N)C1CCOCC1.Nc1nc(-c2nn(Cc3ccccc3F)c3c(F)cccc23)nc(N)c1NC(=O)C1CCOCC1.Nc1nc(-c2nn(Cc3ccccc3F)c3c(F)cccc23)ncc1C(=O)NC1CC1. The molecule has 101 heavy (non-hydrogen) atoms. The molecule has 3 aliphatic rings. The molecule has 8 heterocycles. The van der Waals surface area contributed by atoms with Crippen molar-refractivity contribution in [3.05, 3.63) is 191 Å². The maximum absolute atomic E-state index is 14.9. The lowest BCUT2D eigenvalue weighted by Gasteiger charge is -2.29. The molecule has 1 unspecified atom stereocenters. The molecule has 2 saturated heterocycles. The van der Waals surface area contributed by atoms with Crippen LogP contribution in [0.25, 0.3) is 67.3 Å². The zero-order valence-electron chi connectivity index (χ0n) is 54.4. The van der Waals surface area contributed by atoms with Crippen LogP contribution in [-0.4, -0.2) is 110 Å². The predicted octanol–water partition coefficient (Wildman–Crippen LogP) is 10.9. The number of benzene rings is 6. The highest BCUT2D eigenvalue weighted by molar-refractivity contribution is 6.00. The minimum atomic E-state index is -0.529. The monoisotopic (exact) mass is 1380 g/mol. The molecule has 30 heteroatoms. The molecule has 1 aliphatic carbocycles. The van der Waals surface area contributed by atoms with E-state index in [0.29, 0.717) is 81.9 Å². The first-order valence-corrected chi connectivity index (χ1v) is 32.5. The van der Waals surface area contributed by atoms with Crippen LogP contribution in [0, 0.1) is 46.7 Å². The molecule has 1 saturated carbocycles. The minimum Gasteiger partial charge on any atom is -0.383 e. The number of nitrogen functional groups attached to an aromatic ring is 5. The molecular formula is C71H68F6N20O4. The van der Waals surface area contributed by atoms with Crippen molar-refractivity contribution in [1.82, 2.24) is 64.6 Å². The highest BCUT2D eigenvalue weighted by atomic mass is 19.1. The average Bonchev–Trinajstić information content (AvgIpc) is 1.64. The molecule has 6 aromatic carbocycles. The third kappa shape index (κ3) is 14.7. The minimum absolute atomic E-state index is 0.00564. The number of carbonyl (C=O) groups excluding carboxylic acids is 2. The van der Waals surface area contributed by atoms with E-state index in [4.69, 9.17) is 38.1 Å². The molecule has 15 rings (SSSR count). The smallest absolute Gasteiger partial charge is 0.256 e. The van der Waals surface area contributed by atoms with Crippen LogP contribution in [0.15, 0.2) is 134 Å². The number of nitrogens with two attached hydrogens (primary N) is 5. The number of anilines is 7. The van der Waals surface area contributed by atoms with Crippen molar-refractivity contribution < 1.29 is 45.4 Å². The number of para-hydroxylation sites is 3. The fourth-order valence-corrected chi connectivity index (χ4v) is 12.2. The Hall–Kier alpha value is -11.8. The van der Waals surface area contributed by atoms with E-state index >= 15 is 0 Å². The lowest BCUT2D eigenvalue weighted by Crippen LogP contribution is -2.31. The number of hydrogen-bond donors (Lipinski definition) is 8. The summed E-state index contributed by atoms with van der Waals surface area (Å²) < 4.78 is 102. The lowest BCUT2D eigenvalue weighted by molar-refractivity contribution is -0.122. The summed E-state index contributed by atoms with van der Waals surface area (Å²) >= 11 is 0. The highest BCUT2D eigenvalue weighted by Crippen LogP contribution is 2.37. The number of carbonyl (C=O) groups is 2. The van der Waals surface area contributed by atoms with Crippen LogP contribution in [0.5, 0.6) is 0 Å². The summed E-state index contributed by atoms with van der Waals surface area (Å²) in [4.78, 5) is 50.9. The second-order valence-electron chi connectivity index (χ2n) is 24.6. The van der Waals surface area contributed by atoms with Crippen molar-refractivity contribution in [2.45, 2.75) is 77.2 Å². The van der Waals surface area contributed by atoms with Crippen LogP contribution >= 0.6 is 0 Å². The van der Waals surface area contributed by atoms with Gasteiger partial charge in [0.25, 0.3) is 5.91 Å². The van der Waals surface area contributed by atoms with E-state index in [0.717, 1.165) is 38.9 Å². The zero-order valence-corrected chi connectivity index (χ0v) is 54.4. The molecule has 0 spiro atoms. The van der Waals surface area contributed by atoms with Crippen molar-refractivity contribution in [2.24, 2.45) is 11.8 Å². The van der Waals surface area contributed by atoms with Gasteiger partial charge in [0.15, 0.2) is 40.7 Å².